The van der Waals surface area contributed by atoms with Crippen LogP contribution in [0.3, 0.4) is 0 Å². The van der Waals surface area contributed by atoms with Gasteiger partial charge in [-0.05, 0) is 30.7 Å². The predicted octanol–water partition coefficient (Wildman–Crippen LogP) is 2.94. The van der Waals surface area contributed by atoms with Gasteiger partial charge in [-0.2, -0.15) is 0 Å². The highest BCUT2D eigenvalue weighted by Gasteiger charge is 2.17. The van der Waals surface area contributed by atoms with Gasteiger partial charge in [-0.1, -0.05) is 22.9 Å². The molecule has 1 aromatic carbocycles. The van der Waals surface area contributed by atoms with Crippen LogP contribution in [0.4, 0.5) is 0 Å². The van der Waals surface area contributed by atoms with Crippen LogP contribution in [0.25, 0.3) is 0 Å². The summed E-state index contributed by atoms with van der Waals surface area (Å²) in [5, 5.41) is 8.95. The van der Waals surface area contributed by atoms with E-state index in [4.69, 9.17) is 14.6 Å². The first-order chi connectivity index (χ1) is 9.60. The third-order valence-corrected chi connectivity index (χ3v) is 3.74. The number of hydrogen-bond acceptors (Lipinski definition) is 4. The number of ether oxygens (including phenoxy) is 2. The van der Waals surface area contributed by atoms with Crippen molar-refractivity contribution >= 4 is 34.3 Å². The number of aliphatic carboxylic acids is 1. The number of halogens is 2. The van der Waals surface area contributed by atoms with E-state index in [0.29, 0.717) is 19.8 Å². The summed E-state index contributed by atoms with van der Waals surface area (Å²) in [4.78, 5) is 12.8. The van der Waals surface area contributed by atoms with E-state index < -0.39 is 5.97 Å². The molecule has 1 N–H and O–H groups in total. The molecule has 2 rings (SSSR count). The lowest BCUT2D eigenvalue weighted by Crippen LogP contribution is -2.30. The molecule has 1 aliphatic heterocycles. The number of carbonyl (C=O) groups is 1. The number of rotatable bonds is 6. The van der Waals surface area contributed by atoms with Crippen LogP contribution in [0.2, 0.25) is 0 Å². The molecule has 0 atom stereocenters. The van der Waals surface area contributed by atoms with Gasteiger partial charge in [-0.15, -0.1) is 12.4 Å². The van der Waals surface area contributed by atoms with Crippen molar-refractivity contribution in [3.05, 3.63) is 22.2 Å². The average Bonchev–Trinajstić information content (AvgIpc) is 2.39. The van der Waals surface area contributed by atoms with Gasteiger partial charge >= 0.3 is 5.97 Å². The molecular weight excluding hydrogens is 362 g/mol. The van der Waals surface area contributed by atoms with Gasteiger partial charge in [-0.25, -0.2) is 0 Å². The molecule has 1 aliphatic rings. The summed E-state index contributed by atoms with van der Waals surface area (Å²) in [6.07, 6.45) is 0.912. The zero-order valence-electron chi connectivity index (χ0n) is 11.8. The van der Waals surface area contributed by atoms with Crippen LogP contribution in [0, 0.1) is 0 Å². The lowest BCUT2D eigenvalue weighted by Gasteiger charge is -2.23. The second-order valence-corrected chi connectivity index (χ2v) is 5.55. The second kappa shape index (κ2) is 8.46. The van der Waals surface area contributed by atoms with E-state index in [1.165, 1.54) is 0 Å². The number of fused-ring (bicyclic) bond motifs is 1. The summed E-state index contributed by atoms with van der Waals surface area (Å²) in [6, 6.07) is 3.80. The van der Waals surface area contributed by atoms with Crippen LogP contribution < -0.4 is 9.47 Å². The first-order valence-corrected chi connectivity index (χ1v) is 7.41. The van der Waals surface area contributed by atoms with Crippen molar-refractivity contribution in [2.45, 2.75) is 19.9 Å². The van der Waals surface area contributed by atoms with Crippen molar-refractivity contribution < 1.29 is 19.4 Å². The molecule has 0 aromatic heterocycles. The quantitative estimate of drug-likeness (QED) is 0.822. The van der Waals surface area contributed by atoms with E-state index in [0.717, 1.165) is 34.5 Å². The monoisotopic (exact) mass is 379 g/mol. The van der Waals surface area contributed by atoms with Crippen molar-refractivity contribution in [3.63, 3.8) is 0 Å². The number of nitrogens with zero attached hydrogens (tertiary/aromatic N) is 1. The smallest absolute Gasteiger partial charge is 0.317 e. The molecule has 0 radical (unpaired) electrons. The molecule has 0 amide bonds. The van der Waals surface area contributed by atoms with Crippen LogP contribution in [0.1, 0.15) is 18.9 Å². The van der Waals surface area contributed by atoms with E-state index in [1.807, 2.05) is 24.0 Å². The Morgan fingerprint density at radius 2 is 1.95 bits per heavy atom. The molecule has 0 bridgehead atoms. The maximum atomic E-state index is 10.9. The maximum Gasteiger partial charge on any atom is 0.317 e. The fraction of sp³-hybridized carbons (Fsp3) is 0.500. The van der Waals surface area contributed by atoms with Crippen molar-refractivity contribution in [1.29, 1.82) is 0 Å². The first kappa shape index (κ1) is 18.1. The average molecular weight is 381 g/mol. The highest BCUT2D eigenvalue weighted by molar-refractivity contribution is 9.10. The van der Waals surface area contributed by atoms with Crippen LogP contribution in [0.5, 0.6) is 11.5 Å². The Hall–Kier alpha value is -0.980. The Kier molecular flexibility index (Phi) is 7.28. The molecule has 0 saturated carbocycles. The van der Waals surface area contributed by atoms with Crippen LogP contribution in [-0.2, 0) is 11.3 Å². The Balaban J connectivity index is 0.00000220. The van der Waals surface area contributed by atoms with E-state index in [9.17, 15) is 4.79 Å². The lowest BCUT2D eigenvalue weighted by molar-refractivity contribution is -0.138. The van der Waals surface area contributed by atoms with Gasteiger partial charge in [0.2, 0.25) is 0 Å². The summed E-state index contributed by atoms with van der Waals surface area (Å²) in [5.74, 6) is 0.639. The third kappa shape index (κ3) is 5.05. The number of hydrogen-bond donors (Lipinski definition) is 1. The maximum absolute atomic E-state index is 10.9. The second-order valence-electron chi connectivity index (χ2n) is 4.69. The minimum atomic E-state index is -0.813. The molecule has 0 aliphatic carbocycles. The molecule has 5 nitrogen and oxygen atoms in total. The highest BCUT2D eigenvalue weighted by Crippen LogP contribution is 2.35. The van der Waals surface area contributed by atoms with Gasteiger partial charge in [0.05, 0.1) is 6.54 Å². The zero-order chi connectivity index (χ0) is 14.5. The van der Waals surface area contributed by atoms with Crippen LogP contribution in [0.15, 0.2) is 16.6 Å². The largest absolute Gasteiger partial charge is 0.486 e. The summed E-state index contributed by atoms with van der Waals surface area (Å²) in [7, 11) is 0. The van der Waals surface area contributed by atoms with Gasteiger partial charge in [0, 0.05) is 11.0 Å². The minimum absolute atomic E-state index is 0. The Morgan fingerprint density at radius 1 is 1.33 bits per heavy atom. The molecule has 118 valence electrons. The summed E-state index contributed by atoms with van der Waals surface area (Å²) in [5.41, 5.74) is 1.00. The predicted molar refractivity (Wildman–Crippen MR) is 85.6 cm³/mol. The fourth-order valence-electron chi connectivity index (χ4n) is 2.19. The minimum Gasteiger partial charge on any atom is -0.486 e. The topological polar surface area (TPSA) is 59.0 Å². The van der Waals surface area contributed by atoms with E-state index in [1.54, 1.807) is 0 Å². The lowest BCUT2D eigenvalue weighted by atomic mass is 10.1. The number of benzene rings is 1. The van der Waals surface area contributed by atoms with Crippen LogP contribution >= 0.6 is 28.3 Å². The van der Waals surface area contributed by atoms with Crippen molar-refractivity contribution in [1.82, 2.24) is 4.90 Å². The SMILES string of the molecule is CCCN(CC(=O)O)Cc1cc2c(cc1Br)OCCO2.Cl. The summed E-state index contributed by atoms with van der Waals surface area (Å²) >= 11 is 3.51. The van der Waals surface area contributed by atoms with Crippen molar-refractivity contribution in [2.75, 3.05) is 26.3 Å². The zero-order valence-corrected chi connectivity index (χ0v) is 14.2. The Labute approximate surface area is 138 Å². The van der Waals surface area contributed by atoms with Gasteiger partial charge < -0.3 is 14.6 Å². The molecule has 1 aromatic rings. The van der Waals surface area contributed by atoms with Gasteiger partial charge in [0.1, 0.15) is 13.2 Å². The molecule has 1 heterocycles. The van der Waals surface area contributed by atoms with Gasteiger partial charge in [-0.3, -0.25) is 9.69 Å². The number of carboxylic acids is 1. The summed E-state index contributed by atoms with van der Waals surface area (Å²) < 4.78 is 12.0. The molecular formula is C14H19BrClNO4. The van der Waals surface area contributed by atoms with Crippen molar-refractivity contribution in [3.8, 4) is 11.5 Å². The third-order valence-electron chi connectivity index (χ3n) is 3.00. The van der Waals surface area contributed by atoms with Crippen LogP contribution in [-0.4, -0.2) is 42.3 Å². The standard InChI is InChI=1S/C14H18BrNO4.ClH/c1-2-3-16(9-14(17)18)8-10-6-12-13(7-11(10)15)20-5-4-19-12;/h6-7H,2-5,8-9H2,1H3,(H,17,18);1H. The van der Waals surface area contributed by atoms with Gasteiger partial charge in [0.15, 0.2) is 11.5 Å². The Bertz CT molecular complexity index is 498. The van der Waals surface area contributed by atoms with Gasteiger partial charge in [0.25, 0.3) is 0 Å². The molecule has 21 heavy (non-hydrogen) atoms. The molecule has 0 spiro atoms. The molecule has 0 saturated heterocycles. The van der Waals surface area contributed by atoms with E-state index in [2.05, 4.69) is 15.9 Å². The molecule has 7 heteroatoms. The first-order valence-electron chi connectivity index (χ1n) is 6.62. The van der Waals surface area contributed by atoms with E-state index >= 15 is 0 Å². The fourth-order valence-corrected chi connectivity index (χ4v) is 2.64. The highest BCUT2D eigenvalue weighted by atomic mass is 79.9. The summed E-state index contributed by atoms with van der Waals surface area (Å²) in [6.45, 7) is 4.48. The molecule has 0 fully saturated rings. The van der Waals surface area contributed by atoms with E-state index in [-0.39, 0.29) is 19.0 Å². The van der Waals surface area contributed by atoms with Crippen molar-refractivity contribution in [2.24, 2.45) is 0 Å². The Morgan fingerprint density at radius 3 is 2.52 bits per heavy atom. The molecule has 0 unspecified atom stereocenters. The number of carboxylic acid groups (broad SMARTS) is 1. The normalized spacial score (nSPS) is 12.9.